The summed E-state index contributed by atoms with van der Waals surface area (Å²) in [4.78, 5) is 8.83. The Hall–Kier alpha value is 0.0600. The molecule has 5 heteroatoms. The number of hydrogen-bond acceptors (Lipinski definition) is 3. The summed E-state index contributed by atoms with van der Waals surface area (Å²) in [5, 5.41) is 0.528. The van der Waals surface area contributed by atoms with Crippen LogP contribution in [0, 0.1) is 3.57 Å². The molecule has 1 aliphatic carbocycles. The molecule has 1 heterocycles. The summed E-state index contributed by atoms with van der Waals surface area (Å²) in [6, 6.07) is 0. The highest BCUT2D eigenvalue weighted by Gasteiger charge is 2.37. The van der Waals surface area contributed by atoms with Gasteiger partial charge in [0.2, 0.25) is 0 Å². The van der Waals surface area contributed by atoms with Gasteiger partial charge in [-0.15, -0.1) is 0 Å². The summed E-state index contributed by atoms with van der Waals surface area (Å²) in [7, 11) is 0. The van der Waals surface area contributed by atoms with E-state index in [9.17, 15) is 0 Å². The van der Waals surface area contributed by atoms with Crippen molar-refractivity contribution in [2.24, 2.45) is 0 Å². The van der Waals surface area contributed by atoms with Crippen molar-refractivity contribution >= 4 is 34.2 Å². The van der Waals surface area contributed by atoms with Crippen molar-refractivity contribution in [2.45, 2.75) is 44.6 Å². The number of nitrogens with zero attached hydrogens (tertiary/aromatic N) is 2. The maximum Gasteiger partial charge on any atom is 0.162 e. The smallest absolute Gasteiger partial charge is 0.162 e. The van der Waals surface area contributed by atoms with Gasteiger partial charge < -0.3 is 4.74 Å². The van der Waals surface area contributed by atoms with E-state index in [1.54, 1.807) is 6.20 Å². The third kappa shape index (κ3) is 2.90. The lowest BCUT2D eigenvalue weighted by atomic mass is 9.84. The van der Waals surface area contributed by atoms with E-state index < -0.39 is 0 Å². The third-order valence-corrected chi connectivity index (χ3v) is 4.59. The van der Waals surface area contributed by atoms with Crippen molar-refractivity contribution < 1.29 is 4.74 Å². The summed E-state index contributed by atoms with van der Waals surface area (Å²) < 4.78 is 6.85. The van der Waals surface area contributed by atoms with E-state index in [4.69, 9.17) is 16.3 Å². The van der Waals surface area contributed by atoms with Crippen molar-refractivity contribution in [2.75, 3.05) is 6.61 Å². The van der Waals surface area contributed by atoms with Crippen molar-refractivity contribution in [3.05, 3.63) is 20.7 Å². The molecule has 17 heavy (non-hydrogen) atoms. The minimum Gasteiger partial charge on any atom is -0.367 e. The number of halogens is 2. The summed E-state index contributed by atoms with van der Waals surface area (Å²) in [6.45, 7) is 2.71. The van der Waals surface area contributed by atoms with Gasteiger partial charge in [-0.1, -0.05) is 30.9 Å². The molecule has 1 fully saturated rings. The lowest BCUT2D eigenvalue weighted by Gasteiger charge is -2.35. The molecule has 0 bridgehead atoms. The van der Waals surface area contributed by atoms with Gasteiger partial charge in [0, 0.05) is 12.8 Å². The van der Waals surface area contributed by atoms with Crippen LogP contribution in [0.4, 0.5) is 0 Å². The van der Waals surface area contributed by atoms with E-state index >= 15 is 0 Å². The Balaban J connectivity index is 2.34. The van der Waals surface area contributed by atoms with Crippen molar-refractivity contribution in [3.8, 4) is 0 Å². The molecule has 0 aromatic carbocycles. The van der Waals surface area contributed by atoms with E-state index in [1.165, 1.54) is 19.3 Å². The Morgan fingerprint density at radius 3 is 2.71 bits per heavy atom. The van der Waals surface area contributed by atoms with Gasteiger partial charge in [-0.3, -0.25) is 0 Å². The lowest BCUT2D eigenvalue weighted by molar-refractivity contribution is -0.0767. The van der Waals surface area contributed by atoms with Crippen LogP contribution in [0.5, 0.6) is 0 Å². The first-order valence-electron chi connectivity index (χ1n) is 6.00. The van der Waals surface area contributed by atoms with E-state index in [0.29, 0.717) is 11.8 Å². The topological polar surface area (TPSA) is 35.0 Å². The molecule has 0 unspecified atom stereocenters. The maximum absolute atomic E-state index is 6.08. The Bertz CT molecular complexity index is 389. The van der Waals surface area contributed by atoms with Gasteiger partial charge >= 0.3 is 0 Å². The number of rotatable bonds is 3. The van der Waals surface area contributed by atoms with Crippen LogP contribution in [0.15, 0.2) is 6.20 Å². The van der Waals surface area contributed by atoms with Crippen LogP contribution in [0.1, 0.15) is 44.9 Å². The predicted molar refractivity (Wildman–Crippen MR) is 76.1 cm³/mol. The SMILES string of the molecule is CCOC1(c2ncc(I)c(Cl)n2)CCCCC1. The van der Waals surface area contributed by atoms with Crippen molar-refractivity contribution in [1.82, 2.24) is 9.97 Å². The zero-order valence-corrected chi connectivity index (χ0v) is 12.8. The quantitative estimate of drug-likeness (QED) is 0.600. The molecule has 3 nitrogen and oxygen atoms in total. The highest BCUT2D eigenvalue weighted by Crippen LogP contribution is 2.39. The first-order chi connectivity index (χ1) is 8.18. The fraction of sp³-hybridized carbons (Fsp3) is 0.667. The molecule has 0 atom stereocenters. The molecule has 0 aliphatic heterocycles. The molecular formula is C12H16ClIN2O. The summed E-state index contributed by atoms with van der Waals surface area (Å²) >= 11 is 8.22. The Morgan fingerprint density at radius 2 is 2.12 bits per heavy atom. The van der Waals surface area contributed by atoms with Crippen molar-refractivity contribution in [3.63, 3.8) is 0 Å². The fourth-order valence-corrected chi connectivity index (χ4v) is 2.79. The largest absolute Gasteiger partial charge is 0.367 e. The Kier molecular flexibility index (Phi) is 4.60. The molecule has 0 radical (unpaired) electrons. The molecule has 1 aliphatic rings. The highest BCUT2D eigenvalue weighted by atomic mass is 127. The zero-order chi connectivity index (χ0) is 12.3. The second-order valence-corrected chi connectivity index (χ2v) is 5.84. The molecular weight excluding hydrogens is 351 g/mol. The average Bonchev–Trinajstić information content (AvgIpc) is 2.34. The predicted octanol–water partition coefficient (Wildman–Crippen LogP) is 3.93. The molecule has 1 aromatic rings. The van der Waals surface area contributed by atoms with Crippen LogP contribution in [0.25, 0.3) is 0 Å². The van der Waals surface area contributed by atoms with Crippen LogP contribution in [0.2, 0.25) is 5.15 Å². The average molecular weight is 367 g/mol. The second-order valence-electron chi connectivity index (χ2n) is 4.32. The van der Waals surface area contributed by atoms with Gasteiger partial charge in [-0.05, 0) is 42.4 Å². The maximum atomic E-state index is 6.08. The summed E-state index contributed by atoms with van der Waals surface area (Å²) in [6.07, 6.45) is 7.39. The minimum absolute atomic E-state index is 0.305. The zero-order valence-electron chi connectivity index (χ0n) is 9.88. The van der Waals surface area contributed by atoms with E-state index in [2.05, 4.69) is 32.6 Å². The van der Waals surface area contributed by atoms with E-state index in [-0.39, 0.29) is 5.60 Å². The highest BCUT2D eigenvalue weighted by molar-refractivity contribution is 14.1. The normalized spacial score (nSPS) is 19.2. The van der Waals surface area contributed by atoms with Gasteiger partial charge in [0.05, 0.1) is 3.57 Å². The van der Waals surface area contributed by atoms with Crippen LogP contribution in [-0.4, -0.2) is 16.6 Å². The summed E-state index contributed by atoms with van der Waals surface area (Å²) in [5.41, 5.74) is -0.305. The lowest BCUT2D eigenvalue weighted by Crippen LogP contribution is -2.34. The standard InChI is InChI=1S/C12H16ClIN2O/c1-2-17-12(6-4-3-5-7-12)11-15-8-9(14)10(13)16-11/h8H,2-7H2,1H3. The molecule has 0 N–H and O–H groups in total. The van der Waals surface area contributed by atoms with Crippen LogP contribution in [-0.2, 0) is 10.3 Å². The fourth-order valence-electron chi connectivity index (χ4n) is 2.40. The third-order valence-electron chi connectivity index (χ3n) is 3.19. The Labute approximate surface area is 120 Å². The first kappa shape index (κ1) is 13.5. The van der Waals surface area contributed by atoms with Gasteiger partial charge in [0.25, 0.3) is 0 Å². The number of aromatic nitrogens is 2. The molecule has 1 saturated carbocycles. The van der Waals surface area contributed by atoms with Gasteiger partial charge in [-0.25, -0.2) is 9.97 Å². The van der Waals surface area contributed by atoms with E-state index in [0.717, 1.165) is 22.2 Å². The van der Waals surface area contributed by atoms with Crippen LogP contribution >= 0.6 is 34.2 Å². The monoisotopic (exact) mass is 366 g/mol. The minimum atomic E-state index is -0.305. The number of ether oxygens (including phenoxy) is 1. The first-order valence-corrected chi connectivity index (χ1v) is 7.46. The van der Waals surface area contributed by atoms with Gasteiger partial charge in [-0.2, -0.15) is 0 Å². The molecule has 0 saturated heterocycles. The van der Waals surface area contributed by atoms with Crippen LogP contribution in [0.3, 0.4) is 0 Å². The van der Waals surface area contributed by atoms with Gasteiger partial charge in [0.1, 0.15) is 10.8 Å². The van der Waals surface area contributed by atoms with Crippen molar-refractivity contribution in [1.29, 1.82) is 0 Å². The molecule has 1 aromatic heterocycles. The van der Waals surface area contributed by atoms with Gasteiger partial charge in [0.15, 0.2) is 5.82 Å². The molecule has 94 valence electrons. The molecule has 0 spiro atoms. The Morgan fingerprint density at radius 1 is 1.41 bits per heavy atom. The molecule has 0 amide bonds. The summed E-state index contributed by atoms with van der Waals surface area (Å²) in [5.74, 6) is 0.754. The van der Waals surface area contributed by atoms with E-state index in [1.807, 2.05) is 6.92 Å². The second kappa shape index (κ2) is 5.80. The van der Waals surface area contributed by atoms with Crippen LogP contribution < -0.4 is 0 Å². The molecule has 2 rings (SSSR count). The number of hydrogen-bond donors (Lipinski definition) is 0.